The summed E-state index contributed by atoms with van der Waals surface area (Å²) in [5.74, 6) is 0.461. The summed E-state index contributed by atoms with van der Waals surface area (Å²) in [5.41, 5.74) is 0. The lowest BCUT2D eigenvalue weighted by Crippen LogP contribution is -2.33. The topological polar surface area (TPSA) is 58.6 Å². The molecule has 2 N–H and O–H groups in total. The van der Waals surface area contributed by atoms with Crippen molar-refractivity contribution in [3.63, 3.8) is 0 Å². The van der Waals surface area contributed by atoms with Crippen LogP contribution in [0, 0.1) is 0 Å². The smallest absolute Gasteiger partial charge is 0.332 e. The maximum absolute atomic E-state index is 10.7. The second kappa shape index (κ2) is 6.61. The molecule has 0 bridgehead atoms. The van der Waals surface area contributed by atoms with Crippen molar-refractivity contribution >= 4 is 17.7 Å². The number of hydrogen-bond donors (Lipinski definition) is 2. The molecule has 3 unspecified atom stereocenters. The lowest BCUT2D eigenvalue weighted by Gasteiger charge is -2.22. The van der Waals surface area contributed by atoms with Gasteiger partial charge in [-0.05, 0) is 31.4 Å². The van der Waals surface area contributed by atoms with Gasteiger partial charge in [-0.25, -0.2) is 4.79 Å². The maximum atomic E-state index is 10.7. The molecule has 5 heteroatoms. The summed E-state index contributed by atoms with van der Waals surface area (Å²) in [7, 11) is 0. The predicted octanol–water partition coefficient (Wildman–Crippen LogP) is 1.49. The van der Waals surface area contributed by atoms with Gasteiger partial charge in [-0.2, -0.15) is 11.8 Å². The Morgan fingerprint density at radius 1 is 1.29 bits per heavy atom. The van der Waals surface area contributed by atoms with Crippen LogP contribution in [0.3, 0.4) is 0 Å². The molecule has 0 aromatic rings. The SMILES string of the molecule is O=C(O)C1CCC(CNCC2CCCCS2)O1. The van der Waals surface area contributed by atoms with E-state index >= 15 is 0 Å². The van der Waals surface area contributed by atoms with Crippen LogP contribution in [-0.4, -0.2) is 47.4 Å². The molecule has 3 atom stereocenters. The third-order valence-corrected chi connectivity index (χ3v) is 4.80. The Morgan fingerprint density at radius 3 is 2.82 bits per heavy atom. The van der Waals surface area contributed by atoms with Crippen molar-refractivity contribution in [3.05, 3.63) is 0 Å². The van der Waals surface area contributed by atoms with Gasteiger partial charge in [-0.3, -0.25) is 0 Å². The van der Waals surface area contributed by atoms with Crippen LogP contribution in [0.2, 0.25) is 0 Å². The van der Waals surface area contributed by atoms with Crippen LogP contribution in [-0.2, 0) is 9.53 Å². The highest BCUT2D eigenvalue weighted by atomic mass is 32.2. The Morgan fingerprint density at radius 2 is 2.18 bits per heavy atom. The standard InChI is InChI=1S/C12H21NO3S/c14-12(15)11-5-4-9(16-11)7-13-8-10-3-1-2-6-17-10/h9-11,13H,1-8H2,(H,14,15). The Labute approximate surface area is 106 Å². The Bertz CT molecular complexity index is 256. The van der Waals surface area contributed by atoms with E-state index in [9.17, 15) is 4.79 Å². The van der Waals surface area contributed by atoms with Crippen LogP contribution >= 0.6 is 11.8 Å². The van der Waals surface area contributed by atoms with Gasteiger partial charge in [0.2, 0.25) is 0 Å². The van der Waals surface area contributed by atoms with Gasteiger partial charge >= 0.3 is 5.97 Å². The van der Waals surface area contributed by atoms with E-state index in [1.165, 1.54) is 25.0 Å². The van der Waals surface area contributed by atoms with E-state index in [2.05, 4.69) is 17.1 Å². The van der Waals surface area contributed by atoms with E-state index in [0.717, 1.165) is 24.8 Å². The molecule has 0 amide bonds. The van der Waals surface area contributed by atoms with Crippen LogP contribution in [0.25, 0.3) is 0 Å². The first-order valence-electron chi connectivity index (χ1n) is 6.46. The van der Waals surface area contributed by atoms with Crippen molar-refractivity contribution in [1.29, 1.82) is 0 Å². The molecular formula is C12H21NO3S. The van der Waals surface area contributed by atoms with Gasteiger partial charge < -0.3 is 15.2 Å². The van der Waals surface area contributed by atoms with Crippen molar-refractivity contribution in [2.24, 2.45) is 0 Å². The van der Waals surface area contributed by atoms with Gasteiger partial charge in [-0.1, -0.05) is 6.42 Å². The van der Waals surface area contributed by atoms with Gasteiger partial charge in [0.05, 0.1) is 6.10 Å². The summed E-state index contributed by atoms with van der Waals surface area (Å²) in [6.07, 6.45) is 5.03. The minimum absolute atomic E-state index is 0.0877. The minimum Gasteiger partial charge on any atom is -0.479 e. The number of aliphatic carboxylic acids is 1. The Kier molecular flexibility index (Phi) is 5.13. The van der Waals surface area contributed by atoms with Gasteiger partial charge in [0.25, 0.3) is 0 Å². The summed E-state index contributed by atoms with van der Waals surface area (Å²) in [4.78, 5) is 10.7. The van der Waals surface area contributed by atoms with Crippen LogP contribution < -0.4 is 5.32 Å². The fourth-order valence-electron chi connectivity index (χ4n) is 2.41. The number of hydrogen-bond acceptors (Lipinski definition) is 4. The number of rotatable bonds is 5. The zero-order chi connectivity index (χ0) is 12.1. The molecule has 2 aliphatic heterocycles. The molecule has 2 saturated heterocycles. The maximum Gasteiger partial charge on any atom is 0.332 e. The summed E-state index contributed by atoms with van der Waals surface area (Å²) < 4.78 is 5.44. The second-order valence-electron chi connectivity index (χ2n) is 4.81. The summed E-state index contributed by atoms with van der Waals surface area (Å²) in [6, 6.07) is 0. The predicted molar refractivity (Wildman–Crippen MR) is 68.5 cm³/mol. The van der Waals surface area contributed by atoms with Crippen LogP contribution in [0.1, 0.15) is 32.1 Å². The summed E-state index contributed by atoms with van der Waals surface area (Å²) in [5, 5.41) is 13.0. The average Bonchev–Trinajstić information content (AvgIpc) is 2.79. The van der Waals surface area contributed by atoms with Crippen molar-refractivity contribution in [3.8, 4) is 0 Å². The lowest BCUT2D eigenvalue weighted by molar-refractivity contribution is -0.149. The number of nitrogens with one attached hydrogen (secondary N) is 1. The molecule has 2 heterocycles. The van der Waals surface area contributed by atoms with Crippen molar-refractivity contribution in [1.82, 2.24) is 5.32 Å². The van der Waals surface area contributed by atoms with Crippen molar-refractivity contribution in [2.75, 3.05) is 18.8 Å². The lowest BCUT2D eigenvalue weighted by atomic mass is 10.1. The molecular weight excluding hydrogens is 238 g/mol. The van der Waals surface area contributed by atoms with E-state index in [1.54, 1.807) is 0 Å². The molecule has 0 spiro atoms. The van der Waals surface area contributed by atoms with Crippen LogP contribution in [0.15, 0.2) is 0 Å². The van der Waals surface area contributed by atoms with Crippen molar-refractivity contribution in [2.45, 2.75) is 49.6 Å². The van der Waals surface area contributed by atoms with Gasteiger partial charge in [0.1, 0.15) is 0 Å². The highest BCUT2D eigenvalue weighted by Crippen LogP contribution is 2.24. The van der Waals surface area contributed by atoms with E-state index < -0.39 is 12.1 Å². The number of thioether (sulfide) groups is 1. The summed E-state index contributed by atoms with van der Waals surface area (Å²) >= 11 is 2.05. The van der Waals surface area contributed by atoms with Gasteiger partial charge in [-0.15, -0.1) is 0 Å². The first-order valence-corrected chi connectivity index (χ1v) is 7.51. The quantitative estimate of drug-likeness (QED) is 0.783. The zero-order valence-electron chi connectivity index (χ0n) is 10.1. The zero-order valence-corrected chi connectivity index (χ0v) is 10.9. The first kappa shape index (κ1) is 13.2. The van der Waals surface area contributed by atoms with E-state index in [0.29, 0.717) is 6.42 Å². The summed E-state index contributed by atoms with van der Waals surface area (Å²) in [6.45, 7) is 1.82. The van der Waals surface area contributed by atoms with E-state index in [1.807, 2.05) is 0 Å². The molecule has 2 rings (SSSR count). The van der Waals surface area contributed by atoms with Gasteiger partial charge in [0, 0.05) is 18.3 Å². The number of carbonyl (C=O) groups is 1. The molecule has 0 aliphatic carbocycles. The fraction of sp³-hybridized carbons (Fsp3) is 0.917. The minimum atomic E-state index is -0.824. The van der Waals surface area contributed by atoms with E-state index in [-0.39, 0.29) is 6.10 Å². The molecule has 98 valence electrons. The van der Waals surface area contributed by atoms with E-state index in [4.69, 9.17) is 9.84 Å². The molecule has 17 heavy (non-hydrogen) atoms. The highest BCUT2D eigenvalue weighted by molar-refractivity contribution is 7.99. The second-order valence-corrected chi connectivity index (χ2v) is 6.22. The molecule has 0 aromatic carbocycles. The molecule has 0 radical (unpaired) electrons. The molecule has 2 fully saturated rings. The highest BCUT2D eigenvalue weighted by Gasteiger charge is 2.30. The van der Waals surface area contributed by atoms with Crippen LogP contribution in [0.5, 0.6) is 0 Å². The third-order valence-electron chi connectivity index (χ3n) is 3.40. The Balaban J connectivity index is 1.58. The largest absolute Gasteiger partial charge is 0.479 e. The first-order chi connectivity index (χ1) is 8.25. The van der Waals surface area contributed by atoms with Crippen molar-refractivity contribution < 1.29 is 14.6 Å². The average molecular weight is 259 g/mol. The monoisotopic (exact) mass is 259 g/mol. The third kappa shape index (κ3) is 4.16. The molecule has 0 saturated carbocycles. The number of carboxylic acids is 1. The normalized spacial score (nSPS) is 33.8. The fourth-order valence-corrected chi connectivity index (χ4v) is 3.68. The van der Waals surface area contributed by atoms with Gasteiger partial charge in [0.15, 0.2) is 6.10 Å². The molecule has 4 nitrogen and oxygen atoms in total. The number of carboxylic acid groups (broad SMARTS) is 1. The molecule has 2 aliphatic rings. The Hall–Kier alpha value is -0.260. The number of ether oxygens (including phenoxy) is 1. The molecule has 0 aromatic heterocycles. The van der Waals surface area contributed by atoms with Crippen LogP contribution in [0.4, 0.5) is 0 Å².